The summed E-state index contributed by atoms with van der Waals surface area (Å²) in [4.78, 5) is 26.2. The molecule has 6 nitrogen and oxygen atoms in total. The van der Waals surface area contributed by atoms with Crippen LogP contribution >= 0.6 is 11.3 Å². The number of esters is 1. The molecular formula is C21H23N3O3S. The Hall–Kier alpha value is -2.67. The average molecular weight is 398 g/mol. The fourth-order valence-corrected chi connectivity index (χ4v) is 4.62. The Labute approximate surface area is 167 Å². The van der Waals surface area contributed by atoms with E-state index in [9.17, 15) is 9.59 Å². The summed E-state index contributed by atoms with van der Waals surface area (Å²) in [5.41, 5.74) is 1.79. The van der Waals surface area contributed by atoms with Crippen molar-refractivity contribution >= 4 is 33.4 Å². The number of hydrogen-bond donors (Lipinski definition) is 1. The number of aromatic nitrogens is 2. The monoisotopic (exact) mass is 397 g/mol. The Morgan fingerprint density at radius 2 is 1.96 bits per heavy atom. The second kappa shape index (κ2) is 7.75. The summed E-state index contributed by atoms with van der Waals surface area (Å²) in [6, 6.07) is 11.8. The van der Waals surface area contributed by atoms with E-state index in [2.05, 4.69) is 10.4 Å². The zero-order valence-electron chi connectivity index (χ0n) is 16.0. The SMILES string of the molecule is Cc1nn(-c2ccccc2)c2sc(C(=O)OC(C)C(=O)NC3CCCC3)cc12. The van der Waals surface area contributed by atoms with Gasteiger partial charge in [0.25, 0.3) is 5.91 Å². The third-order valence-electron chi connectivity index (χ3n) is 5.10. The van der Waals surface area contributed by atoms with Crippen molar-refractivity contribution in [3.63, 3.8) is 0 Å². The number of nitrogens with one attached hydrogen (secondary N) is 1. The molecule has 0 radical (unpaired) electrons. The highest BCUT2D eigenvalue weighted by Gasteiger charge is 2.25. The number of carbonyl (C=O) groups excluding carboxylic acids is 2. The molecule has 0 aliphatic heterocycles. The molecule has 1 atom stereocenters. The van der Waals surface area contributed by atoms with E-state index in [1.807, 2.05) is 41.9 Å². The molecule has 1 saturated carbocycles. The van der Waals surface area contributed by atoms with Crippen LogP contribution in [0, 0.1) is 6.92 Å². The Balaban J connectivity index is 1.51. The van der Waals surface area contributed by atoms with Crippen molar-refractivity contribution in [2.45, 2.75) is 51.7 Å². The van der Waals surface area contributed by atoms with Gasteiger partial charge in [-0.05, 0) is 44.9 Å². The van der Waals surface area contributed by atoms with Crippen LogP contribution in [-0.4, -0.2) is 33.8 Å². The van der Waals surface area contributed by atoms with Crippen molar-refractivity contribution in [2.75, 3.05) is 0 Å². The number of fused-ring (bicyclic) bond motifs is 1. The maximum absolute atomic E-state index is 12.6. The molecule has 3 aromatic rings. The molecule has 1 unspecified atom stereocenters. The molecule has 2 aromatic heterocycles. The molecular weight excluding hydrogens is 374 g/mol. The van der Waals surface area contributed by atoms with Crippen LogP contribution in [0.2, 0.25) is 0 Å². The number of para-hydroxylation sites is 1. The van der Waals surface area contributed by atoms with E-state index in [0.717, 1.165) is 47.3 Å². The Kier molecular flexibility index (Phi) is 5.17. The van der Waals surface area contributed by atoms with E-state index in [4.69, 9.17) is 4.74 Å². The maximum atomic E-state index is 12.6. The number of thiophene rings is 1. The van der Waals surface area contributed by atoms with Crippen molar-refractivity contribution in [2.24, 2.45) is 0 Å². The molecule has 1 N–H and O–H groups in total. The molecule has 0 spiro atoms. The number of rotatable bonds is 5. The van der Waals surface area contributed by atoms with E-state index in [-0.39, 0.29) is 11.9 Å². The van der Waals surface area contributed by atoms with Crippen LogP contribution in [-0.2, 0) is 9.53 Å². The molecule has 1 aromatic carbocycles. The van der Waals surface area contributed by atoms with Gasteiger partial charge in [-0.15, -0.1) is 11.3 Å². The number of amides is 1. The number of benzene rings is 1. The third kappa shape index (κ3) is 3.67. The van der Waals surface area contributed by atoms with Crippen LogP contribution in [0.25, 0.3) is 15.9 Å². The van der Waals surface area contributed by atoms with Gasteiger partial charge in [0.15, 0.2) is 6.10 Å². The summed E-state index contributed by atoms with van der Waals surface area (Å²) >= 11 is 1.33. The van der Waals surface area contributed by atoms with E-state index in [0.29, 0.717) is 4.88 Å². The summed E-state index contributed by atoms with van der Waals surface area (Å²) in [6.07, 6.45) is 3.46. The molecule has 1 amide bonds. The molecule has 2 heterocycles. The van der Waals surface area contributed by atoms with Gasteiger partial charge in [0.1, 0.15) is 9.71 Å². The van der Waals surface area contributed by atoms with Crippen LogP contribution in [0.1, 0.15) is 48.0 Å². The highest BCUT2D eigenvalue weighted by atomic mass is 32.1. The van der Waals surface area contributed by atoms with E-state index >= 15 is 0 Å². The van der Waals surface area contributed by atoms with Crippen LogP contribution < -0.4 is 5.32 Å². The lowest BCUT2D eigenvalue weighted by Gasteiger charge is -2.16. The maximum Gasteiger partial charge on any atom is 0.349 e. The Bertz CT molecular complexity index is 1000. The van der Waals surface area contributed by atoms with Gasteiger partial charge in [-0.1, -0.05) is 31.0 Å². The van der Waals surface area contributed by atoms with Gasteiger partial charge in [-0.25, -0.2) is 9.48 Å². The van der Waals surface area contributed by atoms with Gasteiger partial charge in [-0.2, -0.15) is 5.10 Å². The molecule has 0 bridgehead atoms. The largest absolute Gasteiger partial charge is 0.448 e. The van der Waals surface area contributed by atoms with Crippen molar-refractivity contribution in [1.29, 1.82) is 0 Å². The summed E-state index contributed by atoms with van der Waals surface area (Å²) in [5, 5.41) is 8.47. The number of aryl methyl sites for hydroxylation is 1. The van der Waals surface area contributed by atoms with E-state index in [1.165, 1.54) is 11.3 Å². The second-order valence-corrected chi connectivity index (χ2v) is 8.23. The van der Waals surface area contributed by atoms with Crippen molar-refractivity contribution in [3.8, 4) is 5.69 Å². The number of hydrogen-bond acceptors (Lipinski definition) is 5. The molecule has 1 fully saturated rings. The van der Waals surface area contributed by atoms with E-state index in [1.54, 1.807) is 13.0 Å². The normalized spacial score (nSPS) is 15.6. The molecule has 0 saturated heterocycles. The smallest absolute Gasteiger partial charge is 0.349 e. The minimum Gasteiger partial charge on any atom is -0.448 e. The standard InChI is InChI=1S/C21H23N3O3S/c1-13-17-12-18(28-20(17)24(23-13)16-10-4-3-5-11-16)21(26)27-14(2)19(25)22-15-8-6-7-9-15/h3-5,10-12,14-15H,6-9H2,1-2H3,(H,22,25). The first-order valence-electron chi connectivity index (χ1n) is 9.59. The molecule has 146 valence electrons. The summed E-state index contributed by atoms with van der Waals surface area (Å²) in [7, 11) is 0. The first kappa shape index (κ1) is 18.7. The summed E-state index contributed by atoms with van der Waals surface area (Å²) in [6.45, 7) is 3.54. The number of nitrogens with zero attached hydrogens (tertiary/aromatic N) is 2. The van der Waals surface area contributed by atoms with Crippen molar-refractivity contribution in [1.82, 2.24) is 15.1 Å². The van der Waals surface area contributed by atoms with Crippen LogP contribution in [0.5, 0.6) is 0 Å². The van der Waals surface area contributed by atoms with Crippen molar-refractivity contribution in [3.05, 3.63) is 47.0 Å². The molecule has 1 aliphatic carbocycles. The highest BCUT2D eigenvalue weighted by Crippen LogP contribution is 2.31. The van der Waals surface area contributed by atoms with Gasteiger partial charge in [0.05, 0.1) is 11.4 Å². The fraction of sp³-hybridized carbons (Fsp3) is 0.381. The Morgan fingerprint density at radius 1 is 1.25 bits per heavy atom. The molecule has 4 rings (SSSR count). The van der Waals surface area contributed by atoms with Crippen molar-refractivity contribution < 1.29 is 14.3 Å². The van der Waals surface area contributed by atoms with Crippen LogP contribution in [0.4, 0.5) is 0 Å². The van der Waals surface area contributed by atoms with E-state index < -0.39 is 12.1 Å². The zero-order valence-corrected chi connectivity index (χ0v) is 16.8. The lowest BCUT2D eigenvalue weighted by atomic mass is 10.2. The Morgan fingerprint density at radius 3 is 2.68 bits per heavy atom. The molecule has 1 aliphatic rings. The first-order chi connectivity index (χ1) is 13.5. The van der Waals surface area contributed by atoms with Crippen LogP contribution in [0.15, 0.2) is 36.4 Å². The number of carbonyl (C=O) groups is 2. The topological polar surface area (TPSA) is 73.2 Å². The number of ether oxygens (including phenoxy) is 1. The minimum atomic E-state index is -0.815. The summed E-state index contributed by atoms with van der Waals surface area (Å²) < 4.78 is 7.26. The average Bonchev–Trinajstić information content (AvgIpc) is 3.41. The molecule has 7 heteroatoms. The van der Waals surface area contributed by atoms with Gasteiger partial charge >= 0.3 is 5.97 Å². The zero-order chi connectivity index (χ0) is 19.7. The lowest BCUT2D eigenvalue weighted by Crippen LogP contribution is -2.40. The van der Waals surface area contributed by atoms with Gasteiger partial charge < -0.3 is 10.1 Å². The highest BCUT2D eigenvalue weighted by molar-refractivity contribution is 7.20. The predicted octanol–water partition coefficient (Wildman–Crippen LogP) is 4.00. The first-order valence-corrected chi connectivity index (χ1v) is 10.4. The van der Waals surface area contributed by atoms with Crippen LogP contribution in [0.3, 0.4) is 0 Å². The third-order valence-corrected chi connectivity index (χ3v) is 6.19. The fourth-order valence-electron chi connectivity index (χ4n) is 3.55. The quantitative estimate of drug-likeness (QED) is 0.661. The lowest BCUT2D eigenvalue weighted by molar-refractivity contribution is -0.129. The molecule has 28 heavy (non-hydrogen) atoms. The van der Waals surface area contributed by atoms with Gasteiger partial charge in [-0.3, -0.25) is 4.79 Å². The minimum absolute atomic E-state index is 0.206. The van der Waals surface area contributed by atoms with Gasteiger partial charge in [0, 0.05) is 11.4 Å². The summed E-state index contributed by atoms with van der Waals surface area (Å²) in [5.74, 6) is -0.706. The van der Waals surface area contributed by atoms with Gasteiger partial charge in [0.2, 0.25) is 0 Å². The second-order valence-electron chi connectivity index (χ2n) is 7.20. The predicted molar refractivity (Wildman–Crippen MR) is 109 cm³/mol.